The van der Waals surface area contributed by atoms with Crippen LogP contribution < -0.4 is 10.1 Å². The van der Waals surface area contributed by atoms with E-state index in [0.29, 0.717) is 17.7 Å². The van der Waals surface area contributed by atoms with Crippen LogP contribution in [0.1, 0.15) is 17.5 Å². The first-order chi connectivity index (χ1) is 9.89. The maximum Gasteiger partial charge on any atom is 0.258 e. The summed E-state index contributed by atoms with van der Waals surface area (Å²) in [6, 6.07) is 6.63. The zero-order valence-corrected chi connectivity index (χ0v) is 12.4. The molecule has 1 aromatic carbocycles. The molecule has 1 atom stereocenters. The minimum atomic E-state index is -3.01. The number of rotatable bonds is 4. The van der Waals surface area contributed by atoms with Gasteiger partial charge in [0.25, 0.3) is 5.91 Å². The van der Waals surface area contributed by atoms with Gasteiger partial charge in [0.15, 0.2) is 16.4 Å². The number of hydrogen-bond acceptors (Lipinski definition) is 5. The van der Waals surface area contributed by atoms with Crippen LogP contribution >= 0.6 is 0 Å². The Hall–Kier alpha value is -2.07. The molecule has 7 heteroatoms. The van der Waals surface area contributed by atoms with Crippen molar-refractivity contribution in [2.45, 2.75) is 19.4 Å². The summed E-state index contributed by atoms with van der Waals surface area (Å²) in [6.07, 6.45) is 0.448. The van der Waals surface area contributed by atoms with Gasteiger partial charge in [0.05, 0.1) is 23.1 Å². The van der Waals surface area contributed by atoms with Crippen LogP contribution in [0.25, 0.3) is 0 Å². The molecule has 0 saturated carbocycles. The predicted octanol–water partition coefficient (Wildman–Crippen LogP) is 0.549. The van der Waals surface area contributed by atoms with Crippen molar-refractivity contribution in [2.24, 2.45) is 0 Å². The average Bonchev–Trinajstić information content (AvgIpc) is 2.76. The summed E-state index contributed by atoms with van der Waals surface area (Å²) in [5.41, 5.74) is 1.30. The SMILES string of the molecule is Cc1cc(C#N)ccc1OCC(=O)N[C@@H]1CCS(=O)(=O)C1. The highest BCUT2D eigenvalue weighted by Gasteiger charge is 2.28. The van der Waals surface area contributed by atoms with Crippen molar-refractivity contribution in [2.75, 3.05) is 18.1 Å². The zero-order valence-electron chi connectivity index (χ0n) is 11.6. The number of aryl methyl sites for hydroxylation is 1. The first-order valence-corrected chi connectivity index (χ1v) is 8.35. The fourth-order valence-corrected chi connectivity index (χ4v) is 3.88. The number of benzene rings is 1. The molecule has 1 aromatic rings. The molecule has 6 nitrogen and oxygen atoms in total. The van der Waals surface area contributed by atoms with E-state index in [-0.39, 0.29) is 30.1 Å². The van der Waals surface area contributed by atoms with Crippen molar-refractivity contribution in [1.29, 1.82) is 5.26 Å². The Labute approximate surface area is 123 Å². The smallest absolute Gasteiger partial charge is 0.258 e. The molecular formula is C14H16N2O4S. The molecule has 1 saturated heterocycles. The van der Waals surface area contributed by atoms with Gasteiger partial charge in [-0.25, -0.2) is 8.42 Å². The zero-order chi connectivity index (χ0) is 15.5. The van der Waals surface area contributed by atoms with Gasteiger partial charge in [0.2, 0.25) is 0 Å². The Morgan fingerprint density at radius 3 is 2.86 bits per heavy atom. The molecule has 1 N–H and O–H groups in total. The molecule has 0 aromatic heterocycles. The summed E-state index contributed by atoms with van der Waals surface area (Å²) in [6.45, 7) is 1.61. The lowest BCUT2D eigenvalue weighted by atomic mass is 10.1. The van der Waals surface area contributed by atoms with Crippen molar-refractivity contribution >= 4 is 15.7 Å². The number of nitriles is 1. The van der Waals surface area contributed by atoms with Gasteiger partial charge in [-0.2, -0.15) is 5.26 Å². The van der Waals surface area contributed by atoms with Crippen LogP contribution in [0.4, 0.5) is 0 Å². The molecule has 0 unspecified atom stereocenters. The van der Waals surface area contributed by atoms with Gasteiger partial charge in [-0.05, 0) is 37.1 Å². The van der Waals surface area contributed by atoms with Gasteiger partial charge in [-0.3, -0.25) is 4.79 Å². The maximum absolute atomic E-state index is 11.7. The van der Waals surface area contributed by atoms with E-state index in [9.17, 15) is 13.2 Å². The van der Waals surface area contributed by atoms with Crippen molar-refractivity contribution in [1.82, 2.24) is 5.32 Å². The van der Waals surface area contributed by atoms with Gasteiger partial charge in [0, 0.05) is 6.04 Å². The van der Waals surface area contributed by atoms with Crippen molar-refractivity contribution in [3.05, 3.63) is 29.3 Å². The number of carbonyl (C=O) groups excluding carboxylic acids is 1. The first kappa shape index (κ1) is 15.3. The molecule has 0 spiro atoms. The largest absolute Gasteiger partial charge is 0.484 e. The van der Waals surface area contributed by atoms with E-state index in [1.165, 1.54) is 0 Å². The summed E-state index contributed by atoms with van der Waals surface area (Å²) in [5, 5.41) is 11.4. The van der Waals surface area contributed by atoms with Crippen LogP contribution in [0.5, 0.6) is 5.75 Å². The second-order valence-electron chi connectivity index (χ2n) is 5.05. The lowest BCUT2D eigenvalue weighted by Gasteiger charge is -2.12. The van der Waals surface area contributed by atoms with E-state index in [4.69, 9.17) is 10.00 Å². The number of ether oxygens (including phenoxy) is 1. The third kappa shape index (κ3) is 4.20. The van der Waals surface area contributed by atoms with Gasteiger partial charge < -0.3 is 10.1 Å². The number of carbonyl (C=O) groups is 1. The minimum Gasteiger partial charge on any atom is -0.484 e. The number of sulfone groups is 1. The van der Waals surface area contributed by atoms with Crippen LogP contribution in [-0.4, -0.2) is 38.5 Å². The Balaban J connectivity index is 1.86. The topological polar surface area (TPSA) is 96.3 Å². The molecule has 2 rings (SSSR count). The second kappa shape index (κ2) is 6.14. The molecule has 0 aliphatic carbocycles. The maximum atomic E-state index is 11.7. The monoisotopic (exact) mass is 308 g/mol. The average molecular weight is 308 g/mol. The molecule has 1 fully saturated rings. The normalized spacial score (nSPS) is 19.7. The summed E-state index contributed by atoms with van der Waals surface area (Å²) in [4.78, 5) is 11.7. The Bertz CT molecular complexity index is 691. The van der Waals surface area contributed by atoms with Gasteiger partial charge in [-0.1, -0.05) is 0 Å². The van der Waals surface area contributed by atoms with Crippen LogP contribution in [0.2, 0.25) is 0 Å². The number of nitrogens with one attached hydrogen (secondary N) is 1. The lowest BCUT2D eigenvalue weighted by molar-refractivity contribution is -0.123. The van der Waals surface area contributed by atoms with Crippen LogP contribution in [0.3, 0.4) is 0 Å². The molecular weight excluding hydrogens is 292 g/mol. The predicted molar refractivity (Wildman–Crippen MR) is 76.6 cm³/mol. The fraction of sp³-hybridized carbons (Fsp3) is 0.429. The minimum absolute atomic E-state index is 0.00532. The summed E-state index contributed by atoms with van der Waals surface area (Å²) in [5.74, 6) is 0.298. The van der Waals surface area contributed by atoms with Gasteiger partial charge in [0.1, 0.15) is 5.75 Å². The first-order valence-electron chi connectivity index (χ1n) is 6.53. The third-order valence-corrected chi connectivity index (χ3v) is 5.03. The van der Waals surface area contributed by atoms with E-state index in [0.717, 1.165) is 5.56 Å². The van der Waals surface area contributed by atoms with E-state index >= 15 is 0 Å². The van der Waals surface area contributed by atoms with E-state index < -0.39 is 9.84 Å². The molecule has 1 aliphatic rings. The molecule has 1 aliphatic heterocycles. The van der Waals surface area contributed by atoms with E-state index in [1.54, 1.807) is 25.1 Å². The number of amides is 1. The summed E-state index contributed by atoms with van der Waals surface area (Å²) in [7, 11) is -3.01. The quantitative estimate of drug-likeness (QED) is 0.876. The third-order valence-electron chi connectivity index (χ3n) is 3.26. The molecule has 112 valence electrons. The number of nitrogens with zero attached hydrogens (tertiary/aromatic N) is 1. The van der Waals surface area contributed by atoms with Crippen LogP contribution in [0, 0.1) is 18.3 Å². The Kier molecular flexibility index (Phi) is 4.48. The molecule has 21 heavy (non-hydrogen) atoms. The van der Waals surface area contributed by atoms with Gasteiger partial charge >= 0.3 is 0 Å². The highest BCUT2D eigenvalue weighted by atomic mass is 32.2. The Morgan fingerprint density at radius 1 is 1.52 bits per heavy atom. The number of hydrogen-bond donors (Lipinski definition) is 1. The standard InChI is InChI=1S/C14H16N2O4S/c1-10-6-11(7-15)2-3-13(10)20-8-14(17)16-12-4-5-21(18,19)9-12/h2-3,6,12H,4-5,8-9H2,1H3,(H,16,17)/t12-/m1/s1. The molecule has 0 bridgehead atoms. The Morgan fingerprint density at radius 2 is 2.29 bits per heavy atom. The van der Waals surface area contributed by atoms with Crippen molar-refractivity contribution in [3.8, 4) is 11.8 Å². The van der Waals surface area contributed by atoms with Crippen molar-refractivity contribution < 1.29 is 17.9 Å². The van der Waals surface area contributed by atoms with Crippen LogP contribution in [-0.2, 0) is 14.6 Å². The highest BCUT2D eigenvalue weighted by Crippen LogP contribution is 2.18. The van der Waals surface area contributed by atoms with Crippen molar-refractivity contribution in [3.63, 3.8) is 0 Å². The highest BCUT2D eigenvalue weighted by molar-refractivity contribution is 7.91. The molecule has 1 heterocycles. The summed E-state index contributed by atoms with van der Waals surface area (Å²) >= 11 is 0. The van der Waals surface area contributed by atoms with E-state index in [2.05, 4.69) is 5.32 Å². The fourth-order valence-electron chi connectivity index (χ4n) is 2.20. The van der Waals surface area contributed by atoms with Gasteiger partial charge in [-0.15, -0.1) is 0 Å². The molecule has 1 amide bonds. The summed E-state index contributed by atoms with van der Waals surface area (Å²) < 4.78 is 28.0. The van der Waals surface area contributed by atoms with E-state index in [1.807, 2.05) is 6.07 Å². The molecule has 0 radical (unpaired) electrons. The van der Waals surface area contributed by atoms with Crippen LogP contribution in [0.15, 0.2) is 18.2 Å². The lowest BCUT2D eigenvalue weighted by Crippen LogP contribution is -2.38. The second-order valence-corrected chi connectivity index (χ2v) is 7.28.